The van der Waals surface area contributed by atoms with Gasteiger partial charge in [0.25, 0.3) is 0 Å². The highest BCUT2D eigenvalue weighted by Crippen LogP contribution is 2.45. The zero-order valence-corrected chi connectivity index (χ0v) is 15.8. The van der Waals surface area contributed by atoms with Crippen LogP contribution >= 0.6 is 0 Å². The molecular formula is C20H26O2Si. The molecule has 3 heteroatoms. The van der Waals surface area contributed by atoms with Crippen LogP contribution in [0.5, 0.6) is 0 Å². The number of hydrogen-bond donors (Lipinski definition) is 0. The minimum Gasteiger partial charge on any atom is -0.410 e. The van der Waals surface area contributed by atoms with Gasteiger partial charge in [-0.25, -0.2) is 0 Å². The number of fused-ring (bicyclic) bond motifs is 3. The minimum absolute atomic E-state index is 0.204. The molecule has 1 atom stereocenters. The van der Waals surface area contributed by atoms with Crippen LogP contribution in [0.4, 0.5) is 0 Å². The largest absolute Gasteiger partial charge is 0.410 e. The quantitative estimate of drug-likeness (QED) is 0.537. The van der Waals surface area contributed by atoms with Crippen LogP contribution in [0.1, 0.15) is 54.8 Å². The van der Waals surface area contributed by atoms with Gasteiger partial charge in [-0.2, -0.15) is 0 Å². The summed E-state index contributed by atoms with van der Waals surface area (Å²) in [7, 11) is -1.78. The van der Waals surface area contributed by atoms with Gasteiger partial charge in [0.15, 0.2) is 8.32 Å². The average Bonchev–Trinajstić information content (AvgIpc) is 2.88. The number of carbonyl (C=O) groups is 1. The van der Waals surface area contributed by atoms with Crippen LogP contribution in [0.15, 0.2) is 30.3 Å². The van der Waals surface area contributed by atoms with Crippen molar-refractivity contribution in [2.24, 2.45) is 0 Å². The molecule has 0 bridgehead atoms. The van der Waals surface area contributed by atoms with Crippen molar-refractivity contribution in [2.45, 2.75) is 57.8 Å². The third kappa shape index (κ3) is 2.88. The van der Waals surface area contributed by atoms with E-state index in [9.17, 15) is 4.79 Å². The number of carbonyl (C=O) groups excluding carboxylic acids is 1. The molecule has 2 aromatic carbocycles. The maximum atomic E-state index is 11.1. The Labute approximate surface area is 140 Å². The summed E-state index contributed by atoms with van der Waals surface area (Å²) in [6.07, 6.45) is 3.22. The highest BCUT2D eigenvalue weighted by Gasteiger charge is 2.40. The minimum atomic E-state index is -1.78. The van der Waals surface area contributed by atoms with Gasteiger partial charge >= 0.3 is 0 Å². The number of rotatable bonds is 3. The van der Waals surface area contributed by atoms with Crippen molar-refractivity contribution in [1.29, 1.82) is 0 Å². The molecule has 0 unspecified atom stereocenters. The first-order chi connectivity index (χ1) is 10.7. The third-order valence-corrected chi connectivity index (χ3v) is 10.1. The zero-order chi connectivity index (χ0) is 16.8. The highest BCUT2D eigenvalue weighted by atomic mass is 28.4. The van der Waals surface area contributed by atoms with Crippen LogP contribution in [0.3, 0.4) is 0 Å². The smallest absolute Gasteiger partial charge is 0.192 e. The van der Waals surface area contributed by atoms with Gasteiger partial charge < -0.3 is 4.43 Å². The van der Waals surface area contributed by atoms with Crippen molar-refractivity contribution in [3.8, 4) is 0 Å². The van der Waals surface area contributed by atoms with E-state index < -0.39 is 8.32 Å². The summed E-state index contributed by atoms with van der Waals surface area (Å²) in [6.45, 7) is 11.5. The molecule has 0 aromatic heterocycles. The zero-order valence-electron chi connectivity index (χ0n) is 14.8. The van der Waals surface area contributed by atoms with Gasteiger partial charge in [0.05, 0.1) is 6.10 Å². The standard InChI is InChI=1S/C20H26O2Si/c1-20(2,3)23(4,5)22-19-11-10-16-17(19)9-8-15-7-6-14(13-21)12-18(15)16/h6-9,12-13,19H,10-11H2,1-5H3/t19-/m0/s1. The Bertz CT molecular complexity index is 756. The van der Waals surface area contributed by atoms with Crippen LogP contribution in [-0.2, 0) is 10.8 Å². The molecule has 0 N–H and O–H groups in total. The van der Waals surface area contributed by atoms with E-state index in [0.29, 0.717) is 0 Å². The molecule has 0 heterocycles. The van der Waals surface area contributed by atoms with E-state index in [4.69, 9.17) is 4.43 Å². The second-order valence-electron chi connectivity index (χ2n) is 8.14. The van der Waals surface area contributed by atoms with E-state index in [2.05, 4.69) is 46.0 Å². The van der Waals surface area contributed by atoms with Crippen LogP contribution in [0.25, 0.3) is 10.8 Å². The lowest BCUT2D eigenvalue weighted by Gasteiger charge is -2.38. The third-order valence-electron chi connectivity index (χ3n) is 5.58. The molecule has 0 radical (unpaired) electrons. The molecule has 3 rings (SSSR count). The molecule has 0 saturated carbocycles. The van der Waals surface area contributed by atoms with E-state index in [1.807, 2.05) is 18.2 Å². The van der Waals surface area contributed by atoms with Gasteiger partial charge in [-0.15, -0.1) is 0 Å². The normalized spacial score (nSPS) is 18.2. The molecule has 23 heavy (non-hydrogen) atoms. The SMILES string of the molecule is CC(C)(C)[Si](C)(C)O[C@H]1CCc2c1ccc1ccc(C=O)cc21. The lowest BCUT2D eigenvalue weighted by molar-refractivity contribution is 0.112. The van der Waals surface area contributed by atoms with Crippen molar-refractivity contribution in [2.75, 3.05) is 0 Å². The topological polar surface area (TPSA) is 26.3 Å². The predicted molar refractivity (Wildman–Crippen MR) is 98.7 cm³/mol. The van der Waals surface area contributed by atoms with Gasteiger partial charge in [-0.1, -0.05) is 45.0 Å². The van der Waals surface area contributed by atoms with Crippen LogP contribution in [-0.4, -0.2) is 14.6 Å². The van der Waals surface area contributed by atoms with Crippen LogP contribution < -0.4 is 0 Å². The number of aldehydes is 1. The van der Waals surface area contributed by atoms with Gasteiger partial charge in [-0.05, 0) is 58.9 Å². The second-order valence-corrected chi connectivity index (χ2v) is 12.9. The van der Waals surface area contributed by atoms with E-state index in [1.54, 1.807) is 0 Å². The Morgan fingerprint density at radius 1 is 1.17 bits per heavy atom. The van der Waals surface area contributed by atoms with Gasteiger partial charge in [0.1, 0.15) is 6.29 Å². The van der Waals surface area contributed by atoms with Crippen LogP contribution in [0.2, 0.25) is 18.1 Å². The summed E-state index contributed by atoms with van der Waals surface area (Å²) in [6, 6.07) is 10.3. The number of aryl methyl sites for hydroxylation is 1. The molecule has 0 amide bonds. The van der Waals surface area contributed by atoms with Gasteiger partial charge in [0, 0.05) is 5.56 Å². The Morgan fingerprint density at radius 2 is 1.87 bits per heavy atom. The maximum absolute atomic E-state index is 11.1. The van der Waals surface area contributed by atoms with Crippen molar-refractivity contribution in [3.63, 3.8) is 0 Å². The molecule has 0 fully saturated rings. The molecule has 2 nitrogen and oxygen atoms in total. The van der Waals surface area contributed by atoms with Crippen LogP contribution in [0, 0.1) is 0 Å². The summed E-state index contributed by atoms with van der Waals surface area (Å²) in [5.41, 5.74) is 3.44. The first kappa shape index (κ1) is 16.4. The Morgan fingerprint density at radius 3 is 2.52 bits per heavy atom. The molecule has 2 aromatic rings. The predicted octanol–water partition coefficient (Wildman–Crippen LogP) is 5.66. The average molecular weight is 327 g/mol. The summed E-state index contributed by atoms with van der Waals surface area (Å²) >= 11 is 0. The maximum Gasteiger partial charge on any atom is 0.192 e. The number of hydrogen-bond acceptors (Lipinski definition) is 2. The lowest BCUT2D eigenvalue weighted by atomic mass is 9.99. The van der Waals surface area contributed by atoms with Gasteiger partial charge in [0.2, 0.25) is 0 Å². The summed E-state index contributed by atoms with van der Waals surface area (Å²) < 4.78 is 6.66. The fourth-order valence-electron chi connectivity index (χ4n) is 3.16. The Balaban J connectivity index is 2.00. The molecule has 1 aliphatic carbocycles. The molecular weight excluding hydrogens is 300 g/mol. The second kappa shape index (κ2) is 5.57. The molecule has 0 saturated heterocycles. The summed E-state index contributed by atoms with van der Waals surface area (Å²) in [5, 5.41) is 2.65. The first-order valence-corrected chi connectivity index (χ1v) is 11.3. The Hall–Kier alpha value is -1.45. The van der Waals surface area contributed by atoms with Crippen molar-refractivity contribution in [1.82, 2.24) is 0 Å². The molecule has 122 valence electrons. The number of benzene rings is 2. The first-order valence-electron chi connectivity index (χ1n) is 8.41. The highest BCUT2D eigenvalue weighted by molar-refractivity contribution is 6.74. The monoisotopic (exact) mass is 326 g/mol. The summed E-state index contributed by atoms with van der Waals surface area (Å²) in [4.78, 5) is 11.1. The summed E-state index contributed by atoms with van der Waals surface area (Å²) in [5.74, 6) is 0. The molecule has 0 aliphatic heterocycles. The van der Waals surface area contributed by atoms with E-state index >= 15 is 0 Å². The van der Waals surface area contributed by atoms with Crippen molar-refractivity contribution in [3.05, 3.63) is 47.0 Å². The van der Waals surface area contributed by atoms with E-state index in [-0.39, 0.29) is 11.1 Å². The van der Waals surface area contributed by atoms with E-state index in [0.717, 1.165) is 24.7 Å². The fourth-order valence-corrected chi connectivity index (χ4v) is 4.47. The molecule has 1 aliphatic rings. The Kier molecular flexibility index (Phi) is 3.97. The van der Waals surface area contributed by atoms with E-state index in [1.165, 1.54) is 21.9 Å². The fraction of sp³-hybridized carbons (Fsp3) is 0.450. The van der Waals surface area contributed by atoms with Crippen molar-refractivity contribution < 1.29 is 9.22 Å². The van der Waals surface area contributed by atoms with Gasteiger partial charge in [-0.3, -0.25) is 4.79 Å². The molecule has 0 spiro atoms. The van der Waals surface area contributed by atoms with Crippen molar-refractivity contribution >= 4 is 25.4 Å². The lowest BCUT2D eigenvalue weighted by Crippen LogP contribution is -2.41.